The van der Waals surface area contributed by atoms with E-state index in [0.717, 1.165) is 16.4 Å². The summed E-state index contributed by atoms with van der Waals surface area (Å²) in [7, 11) is -5.26. The van der Waals surface area contributed by atoms with Crippen LogP contribution < -0.4 is 0 Å². The van der Waals surface area contributed by atoms with Gasteiger partial charge >= 0.3 is 0 Å². The number of hydrogen-bond acceptors (Lipinski definition) is 4. The summed E-state index contributed by atoms with van der Waals surface area (Å²) in [5.41, 5.74) is 0.412. The standard InChI is InChI=1S/C18H18F2N2O4S2/c1-27(24)15-5-2-13(3-6-15)18(23)21-8-10-22(11-9-21)28(25,26)17-7-4-14(19)12-16(17)20/h2-7,12H,8-11H2,1H3. The van der Waals surface area contributed by atoms with Crippen molar-refractivity contribution in [2.24, 2.45) is 0 Å². The molecule has 1 amide bonds. The summed E-state index contributed by atoms with van der Waals surface area (Å²) in [5, 5.41) is 0. The zero-order valence-electron chi connectivity index (χ0n) is 15.0. The van der Waals surface area contributed by atoms with Gasteiger partial charge in [-0.25, -0.2) is 17.2 Å². The Balaban J connectivity index is 1.69. The van der Waals surface area contributed by atoms with Gasteiger partial charge in [-0.1, -0.05) is 0 Å². The molecule has 0 aliphatic carbocycles. The van der Waals surface area contributed by atoms with E-state index in [1.165, 1.54) is 4.90 Å². The van der Waals surface area contributed by atoms with E-state index in [2.05, 4.69) is 0 Å². The number of piperazine rings is 1. The largest absolute Gasteiger partial charge is 0.336 e. The van der Waals surface area contributed by atoms with E-state index in [1.807, 2.05) is 0 Å². The first kappa shape index (κ1) is 20.6. The molecule has 2 aromatic carbocycles. The molecule has 0 saturated carbocycles. The number of nitrogens with zero attached hydrogens (tertiary/aromatic N) is 2. The zero-order chi connectivity index (χ0) is 20.5. The second kappa shape index (κ2) is 8.06. The first-order valence-electron chi connectivity index (χ1n) is 8.38. The van der Waals surface area contributed by atoms with Crippen molar-refractivity contribution in [1.82, 2.24) is 9.21 Å². The average Bonchev–Trinajstić information content (AvgIpc) is 2.67. The van der Waals surface area contributed by atoms with Gasteiger partial charge in [0.15, 0.2) is 0 Å². The van der Waals surface area contributed by atoms with E-state index in [1.54, 1.807) is 30.5 Å². The summed E-state index contributed by atoms with van der Waals surface area (Å²) in [4.78, 5) is 14.1. The van der Waals surface area contributed by atoms with Crippen LogP contribution in [0, 0.1) is 11.6 Å². The lowest BCUT2D eigenvalue weighted by atomic mass is 10.2. The molecule has 1 fully saturated rings. The molecule has 0 bridgehead atoms. The number of benzene rings is 2. The van der Waals surface area contributed by atoms with Crippen molar-refractivity contribution in [2.75, 3.05) is 32.4 Å². The Morgan fingerprint density at radius 3 is 2.14 bits per heavy atom. The first-order valence-corrected chi connectivity index (χ1v) is 11.4. The van der Waals surface area contributed by atoms with Crippen molar-refractivity contribution >= 4 is 26.7 Å². The lowest BCUT2D eigenvalue weighted by Gasteiger charge is -2.34. The zero-order valence-corrected chi connectivity index (χ0v) is 16.6. The van der Waals surface area contributed by atoms with Crippen LogP contribution in [0.5, 0.6) is 0 Å². The molecule has 1 unspecified atom stereocenters. The molecule has 6 nitrogen and oxygen atoms in total. The summed E-state index contributed by atoms with van der Waals surface area (Å²) < 4.78 is 64.6. The predicted molar refractivity (Wildman–Crippen MR) is 99.8 cm³/mol. The third kappa shape index (κ3) is 4.13. The van der Waals surface area contributed by atoms with Gasteiger partial charge < -0.3 is 4.90 Å². The van der Waals surface area contributed by atoms with Crippen LogP contribution in [0.3, 0.4) is 0 Å². The highest BCUT2D eigenvalue weighted by Crippen LogP contribution is 2.22. The molecule has 2 aromatic rings. The molecular formula is C18H18F2N2O4S2. The molecule has 28 heavy (non-hydrogen) atoms. The maximum absolute atomic E-state index is 13.9. The summed E-state index contributed by atoms with van der Waals surface area (Å²) in [5.74, 6) is -2.27. The second-order valence-corrected chi connectivity index (χ2v) is 9.54. The van der Waals surface area contributed by atoms with Gasteiger partial charge in [-0.3, -0.25) is 9.00 Å². The summed E-state index contributed by atoms with van der Waals surface area (Å²) >= 11 is 0. The summed E-state index contributed by atoms with van der Waals surface area (Å²) in [6, 6.07) is 8.70. The van der Waals surface area contributed by atoms with Gasteiger partial charge in [0.05, 0.1) is 0 Å². The van der Waals surface area contributed by atoms with E-state index in [-0.39, 0.29) is 32.1 Å². The van der Waals surface area contributed by atoms with Gasteiger partial charge in [-0.05, 0) is 36.4 Å². The van der Waals surface area contributed by atoms with Crippen LogP contribution >= 0.6 is 0 Å². The minimum Gasteiger partial charge on any atom is -0.336 e. The van der Waals surface area contributed by atoms with Gasteiger partial charge in [0.25, 0.3) is 5.91 Å². The van der Waals surface area contributed by atoms with Crippen molar-refractivity contribution in [2.45, 2.75) is 9.79 Å². The fourth-order valence-corrected chi connectivity index (χ4v) is 4.91. The lowest BCUT2D eigenvalue weighted by molar-refractivity contribution is 0.0697. The Hall–Kier alpha value is -2.17. The summed E-state index contributed by atoms with van der Waals surface area (Å²) in [6.07, 6.45) is 1.54. The third-order valence-corrected chi connectivity index (χ3v) is 7.34. The van der Waals surface area contributed by atoms with Crippen LogP contribution in [-0.2, 0) is 20.8 Å². The van der Waals surface area contributed by atoms with Crippen molar-refractivity contribution < 1.29 is 26.2 Å². The number of halogens is 2. The van der Waals surface area contributed by atoms with E-state index in [4.69, 9.17) is 0 Å². The number of hydrogen-bond donors (Lipinski definition) is 0. The fourth-order valence-electron chi connectivity index (χ4n) is 2.93. The number of carbonyl (C=O) groups excluding carboxylic acids is 1. The van der Waals surface area contributed by atoms with Crippen LogP contribution in [0.2, 0.25) is 0 Å². The first-order chi connectivity index (χ1) is 13.2. The molecule has 1 heterocycles. The van der Waals surface area contributed by atoms with Crippen molar-refractivity contribution in [3.8, 4) is 0 Å². The third-order valence-electron chi connectivity index (χ3n) is 4.47. The fraction of sp³-hybridized carbons (Fsp3) is 0.278. The average molecular weight is 428 g/mol. The van der Waals surface area contributed by atoms with Crippen molar-refractivity contribution in [1.29, 1.82) is 0 Å². The minimum atomic E-state index is -4.12. The SMILES string of the molecule is CS(=O)c1ccc(C(=O)N2CCN(S(=O)(=O)c3ccc(F)cc3F)CC2)cc1. The van der Waals surface area contributed by atoms with E-state index >= 15 is 0 Å². The molecule has 10 heteroatoms. The normalized spacial score (nSPS) is 16.8. The highest BCUT2D eigenvalue weighted by molar-refractivity contribution is 7.89. The van der Waals surface area contributed by atoms with E-state index in [0.29, 0.717) is 16.5 Å². The van der Waals surface area contributed by atoms with Crippen LogP contribution in [-0.4, -0.2) is 60.2 Å². The van der Waals surface area contributed by atoms with Crippen LogP contribution in [0.4, 0.5) is 8.78 Å². The maximum Gasteiger partial charge on any atom is 0.253 e. The smallest absolute Gasteiger partial charge is 0.253 e. The quantitative estimate of drug-likeness (QED) is 0.745. The van der Waals surface area contributed by atoms with Gasteiger partial charge in [0.1, 0.15) is 16.5 Å². The van der Waals surface area contributed by atoms with Crippen LogP contribution in [0.1, 0.15) is 10.4 Å². The molecular weight excluding hydrogens is 410 g/mol. The van der Waals surface area contributed by atoms with Crippen molar-refractivity contribution in [3.05, 3.63) is 59.7 Å². The molecule has 0 aromatic heterocycles. The Labute approximate surface area is 164 Å². The second-order valence-electron chi connectivity index (χ2n) is 6.25. The van der Waals surface area contributed by atoms with E-state index in [9.17, 15) is 26.2 Å². The maximum atomic E-state index is 13.9. The van der Waals surface area contributed by atoms with Crippen LogP contribution in [0.15, 0.2) is 52.3 Å². The predicted octanol–water partition coefficient (Wildman–Crippen LogP) is 1.85. The molecule has 150 valence electrons. The molecule has 1 saturated heterocycles. The van der Waals surface area contributed by atoms with E-state index < -0.39 is 37.4 Å². The number of sulfonamides is 1. The molecule has 0 radical (unpaired) electrons. The Morgan fingerprint density at radius 1 is 1.00 bits per heavy atom. The topological polar surface area (TPSA) is 74.8 Å². The Morgan fingerprint density at radius 2 is 1.61 bits per heavy atom. The Kier molecular flexibility index (Phi) is 5.92. The minimum absolute atomic E-state index is 0.00193. The van der Waals surface area contributed by atoms with Crippen LogP contribution in [0.25, 0.3) is 0 Å². The molecule has 1 aliphatic heterocycles. The highest BCUT2D eigenvalue weighted by Gasteiger charge is 2.32. The van der Waals surface area contributed by atoms with Gasteiger partial charge in [-0.2, -0.15) is 4.31 Å². The van der Waals surface area contributed by atoms with Crippen molar-refractivity contribution in [3.63, 3.8) is 0 Å². The van der Waals surface area contributed by atoms with Gasteiger partial charge in [0, 0.05) is 59.8 Å². The number of carbonyl (C=O) groups is 1. The lowest BCUT2D eigenvalue weighted by Crippen LogP contribution is -2.50. The van der Waals surface area contributed by atoms with Gasteiger partial charge in [-0.15, -0.1) is 0 Å². The monoisotopic (exact) mass is 428 g/mol. The molecule has 1 aliphatic rings. The highest BCUT2D eigenvalue weighted by atomic mass is 32.2. The molecule has 0 spiro atoms. The molecule has 1 atom stereocenters. The number of amides is 1. The molecule has 0 N–H and O–H groups in total. The van der Waals surface area contributed by atoms with Gasteiger partial charge in [0.2, 0.25) is 10.0 Å². The summed E-state index contributed by atoms with van der Waals surface area (Å²) in [6.45, 7) is 0.286. The Bertz CT molecular complexity index is 1020. The molecule has 3 rings (SSSR count). The number of rotatable bonds is 4.